The predicted octanol–water partition coefficient (Wildman–Crippen LogP) is 3.57. The Hall–Kier alpha value is -2.60. The van der Waals surface area contributed by atoms with Gasteiger partial charge in [0, 0.05) is 12.3 Å². The van der Waals surface area contributed by atoms with Crippen molar-refractivity contribution in [2.75, 3.05) is 18.5 Å². The van der Waals surface area contributed by atoms with Crippen molar-refractivity contribution in [3.8, 4) is 0 Å². The number of hydrogen-bond acceptors (Lipinski definition) is 5. The second-order valence-electron chi connectivity index (χ2n) is 6.05. The van der Waals surface area contributed by atoms with Gasteiger partial charge in [0.15, 0.2) is 5.76 Å². The highest BCUT2D eigenvalue weighted by Gasteiger charge is 2.18. The molecule has 1 saturated heterocycles. The molecule has 1 aromatic heterocycles. The lowest BCUT2D eigenvalue weighted by Gasteiger charge is -2.22. The maximum Gasteiger partial charge on any atom is 0.338 e. The predicted molar refractivity (Wildman–Crippen MR) is 91.7 cm³/mol. The number of carbonyl (C=O) groups is 2. The number of amides is 1. The zero-order chi connectivity index (χ0) is 17.6. The smallest absolute Gasteiger partial charge is 0.338 e. The Morgan fingerprint density at radius 2 is 2.16 bits per heavy atom. The quantitative estimate of drug-likeness (QED) is 0.840. The van der Waals surface area contributed by atoms with E-state index in [1.807, 2.05) is 6.92 Å². The summed E-state index contributed by atoms with van der Waals surface area (Å²) in [5, 5.41) is 2.75. The molecule has 0 saturated carbocycles. The molecule has 6 nitrogen and oxygen atoms in total. The third-order valence-corrected chi connectivity index (χ3v) is 4.14. The van der Waals surface area contributed by atoms with Gasteiger partial charge in [-0.05, 0) is 56.0 Å². The minimum Gasteiger partial charge on any atom is -0.459 e. The molecular weight excluding hydrogens is 322 g/mol. The molecule has 1 fully saturated rings. The molecule has 6 heteroatoms. The summed E-state index contributed by atoms with van der Waals surface area (Å²) < 4.78 is 16.0. The first-order chi connectivity index (χ1) is 12.1. The van der Waals surface area contributed by atoms with E-state index in [4.69, 9.17) is 13.9 Å². The molecule has 25 heavy (non-hydrogen) atoms. The van der Waals surface area contributed by atoms with Crippen LogP contribution in [-0.2, 0) is 9.47 Å². The number of ether oxygens (including phenoxy) is 2. The first kappa shape index (κ1) is 17.2. The highest BCUT2D eigenvalue weighted by Crippen LogP contribution is 2.19. The fourth-order valence-corrected chi connectivity index (χ4v) is 2.67. The first-order valence-electron chi connectivity index (χ1n) is 8.38. The number of furan rings is 1. The molecule has 1 aromatic carbocycles. The number of carbonyl (C=O) groups excluding carboxylic acids is 2. The zero-order valence-corrected chi connectivity index (χ0v) is 14.1. The lowest BCUT2D eigenvalue weighted by atomic mass is 10.1. The summed E-state index contributed by atoms with van der Waals surface area (Å²) in [7, 11) is 0. The van der Waals surface area contributed by atoms with E-state index in [-0.39, 0.29) is 24.4 Å². The van der Waals surface area contributed by atoms with E-state index in [9.17, 15) is 9.59 Å². The largest absolute Gasteiger partial charge is 0.459 e. The van der Waals surface area contributed by atoms with Crippen LogP contribution >= 0.6 is 0 Å². The van der Waals surface area contributed by atoms with Crippen LogP contribution in [0.1, 0.15) is 45.7 Å². The first-order valence-corrected chi connectivity index (χ1v) is 8.38. The number of esters is 1. The van der Waals surface area contributed by atoms with E-state index in [1.165, 1.54) is 6.26 Å². The van der Waals surface area contributed by atoms with Crippen molar-refractivity contribution in [2.24, 2.45) is 0 Å². The van der Waals surface area contributed by atoms with Gasteiger partial charge in [0.25, 0.3) is 5.91 Å². The minimum atomic E-state index is -0.428. The van der Waals surface area contributed by atoms with E-state index < -0.39 is 5.97 Å². The second kappa shape index (κ2) is 7.98. The van der Waals surface area contributed by atoms with Gasteiger partial charge < -0.3 is 19.2 Å². The molecule has 1 N–H and O–H groups in total. The van der Waals surface area contributed by atoms with Crippen molar-refractivity contribution in [1.29, 1.82) is 0 Å². The topological polar surface area (TPSA) is 77.8 Å². The van der Waals surface area contributed by atoms with Gasteiger partial charge in [0.1, 0.15) is 6.61 Å². The molecule has 1 amide bonds. The van der Waals surface area contributed by atoms with Crippen LogP contribution in [0.15, 0.2) is 41.0 Å². The van der Waals surface area contributed by atoms with Gasteiger partial charge in [0.05, 0.1) is 17.9 Å². The Kier molecular flexibility index (Phi) is 5.50. The van der Waals surface area contributed by atoms with E-state index in [0.29, 0.717) is 11.3 Å². The van der Waals surface area contributed by atoms with Crippen LogP contribution in [-0.4, -0.2) is 31.2 Å². The fraction of sp³-hybridized carbons (Fsp3) is 0.368. The highest BCUT2D eigenvalue weighted by molar-refractivity contribution is 6.03. The van der Waals surface area contributed by atoms with E-state index in [0.717, 1.165) is 31.4 Å². The molecule has 0 aliphatic carbocycles. The molecule has 0 spiro atoms. The van der Waals surface area contributed by atoms with Gasteiger partial charge in [-0.25, -0.2) is 4.79 Å². The standard InChI is InChI=1S/C19H21NO5/c1-13-7-8-14(19(22)25-12-15-5-2-3-9-23-15)11-16(13)20-18(21)17-6-4-10-24-17/h4,6-8,10-11,15H,2-3,5,9,12H2,1H3,(H,20,21). The van der Waals surface area contributed by atoms with Crippen molar-refractivity contribution in [1.82, 2.24) is 0 Å². The minimum absolute atomic E-state index is 0.0266. The Morgan fingerprint density at radius 1 is 1.28 bits per heavy atom. The average molecular weight is 343 g/mol. The molecule has 0 radical (unpaired) electrons. The normalized spacial score (nSPS) is 17.1. The van der Waals surface area contributed by atoms with Crippen molar-refractivity contribution < 1.29 is 23.5 Å². The number of hydrogen-bond donors (Lipinski definition) is 1. The highest BCUT2D eigenvalue weighted by atomic mass is 16.6. The number of nitrogens with one attached hydrogen (secondary N) is 1. The van der Waals surface area contributed by atoms with Crippen molar-refractivity contribution >= 4 is 17.6 Å². The third kappa shape index (κ3) is 4.48. The lowest BCUT2D eigenvalue weighted by Crippen LogP contribution is -2.26. The van der Waals surface area contributed by atoms with Crippen molar-refractivity contribution in [3.05, 3.63) is 53.5 Å². The van der Waals surface area contributed by atoms with Crippen LogP contribution in [0.5, 0.6) is 0 Å². The van der Waals surface area contributed by atoms with Gasteiger partial charge >= 0.3 is 5.97 Å². The molecule has 1 aliphatic heterocycles. The van der Waals surface area contributed by atoms with Crippen LogP contribution < -0.4 is 5.32 Å². The lowest BCUT2D eigenvalue weighted by molar-refractivity contribution is -0.0300. The molecular formula is C19H21NO5. The Bertz CT molecular complexity index is 732. The molecule has 132 valence electrons. The molecule has 0 bridgehead atoms. The molecule has 2 aromatic rings. The van der Waals surface area contributed by atoms with Crippen LogP contribution in [0, 0.1) is 6.92 Å². The van der Waals surface area contributed by atoms with E-state index in [1.54, 1.807) is 30.3 Å². The Morgan fingerprint density at radius 3 is 2.88 bits per heavy atom. The molecule has 1 unspecified atom stereocenters. The van der Waals surface area contributed by atoms with E-state index >= 15 is 0 Å². The van der Waals surface area contributed by atoms with Crippen LogP contribution in [0.4, 0.5) is 5.69 Å². The molecule has 1 aliphatic rings. The van der Waals surface area contributed by atoms with Gasteiger partial charge in [-0.3, -0.25) is 4.79 Å². The zero-order valence-electron chi connectivity index (χ0n) is 14.1. The average Bonchev–Trinajstić information content (AvgIpc) is 3.17. The Labute approximate surface area is 146 Å². The maximum atomic E-state index is 12.3. The van der Waals surface area contributed by atoms with Crippen molar-refractivity contribution in [2.45, 2.75) is 32.3 Å². The molecule has 1 atom stereocenters. The third-order valence-electron chi connectivity index (χ3n) is 4.14. The summed E-state index contributed by atoms with van der Waals surface area (Å²) in [5.74, 6) is -0.585. The number of anilines is 1. The summed E-state index contributed by atoms with van der Waals surface area (Å²) >= 11 is 0. The SMILES string of the molecule is Cc1ccc(C(=O)OCC2CCCCO2)cc1NC(=O)c1ccco1. The van der Waals surface area contributed by atoms with Gasteiger partial charge in [0.2, 0.25) is 0 Å². The van der Waals surface area contributed by atoms with E-state index in [2.05, 4.69) is 5.32 Å². The summed E-state index contributed by atoms with van der Waals surface area (Å²) in [6, 6.07) is 8.28. The summed E-state index contributed by atoms with van der Waals surface area (Å²) in [5.41, 5.74) is 1.77. The van der Waals surface area contributed by atoms with Gasteiger partial charge in [-0.1, -0.05) is 6.07 Å². The fourth-order valence-electron chi connectivity index (χ4n) is 2.67. The maximum absolute atomic E-state index is 12.3. The number of aryl methyl sites for hydroxylation is 1. The van der Waals surface area contributed by atoms with Gasteiger partial charge in [-0.2, -0.15) is 0 Å². The van der Waals surface area contributed by atoms with Crippen LogP contribution in [0.25, 0.3) is 0 Å². The summed E-state index contributed by atoms with van der Waals surface area (Å²) in [4.78, 5) is 24.4. The van der Waals surface area contributed by atoms with Gasteiger partial charge in [-0.15, -0.1) is 0 Å². The monoisotopic (exact) mass is 343 g/mol. The van der Waals surface area contributed by atoms with Crippen LogP contribution in [0.3, 0.4) is 0 Å². The van der Waals surface area contributed by atoms with Crippen molar-refractivity contribution in [3.63, 3.8) is 0 Å². The Balaban J connectivity index is 1.63. The summed E-state index contributed by atoms with van der Waals surface area (Å²) in [6.07, 6.45) is 4.46. The number of benzene rings is 1. The summed E-state index contributed by atoms with van der Waals surface area (Å²) in [6.45, 7) is 2.82. The molecule has 3 rings (SSSR count). The number of rotatable bonds is 5. The second-order valence-corrected chi connectivity index (χ2v) is 6.05. The molecule has 2 heterocycles. The van der Waals surface area contributed by atoms with Crippen LogP contribution in [0.2, 0.25) is 0 Å².